The minimum atomic E-state index is 0.124. The summed E-state index contributed by atoms with van der Waals surface area (Å²) < 4.78 is 7.40. The Hall–Kier alpha value is -1.75. The zero-order valence-corrected chi connectivity index (χ0v) is 12.8. The number of aromatic nitrogens is 2. The molecule has 0 radical (unpaired) electrons. The van der Waals surface area contributed by atoms with Crippen molar-refractivity contribution in [1.82, 2.24) is 9.78 Å². The van der Waals surface area contributed by atoms with Crippen molar-refractivity contribution in [2.45, 2.75) is 39.8 Å². The third kappa shape index (κ3) is 3.04. The molecule has 0 aliphatic heterocycles. The van der Waals surface area contributed by atoms with Gasteiger partial charge in [0.25, 0.3) is 0 Å². The Morgan fingerprint density at radius 3 is 2.80 bits per heavy atom. The monoisotopic (exact) mass is 276 g/mol. The van der Waals surface area contributed by atoms with Gasteiger partial charge in [-0.15, -0.1) is 0 Å². The maximum atomic E-state index is 5.98. The molecule has 0 aliphatic carbocycles. The SMILES string of the molecule is CCN(Cc1ccco1)c1c(CC(C)N)c(C)nn1C. The van der Waals surface area contributed by atoms with Crippen LogP contribution in [0.15, 0.2) is 22.8 Å². The molecule has 2 N–H and O–H groups in total. The zero-order valence-electron chi connectivity index (χ0n) is 12.8. The topological polar surface area (TPSA) is 60.2 Å². The number of hydrogen-bond donors (Lipinski definition) is 1. The second kappa shape index (κ2) is 6.13. The van der Waals surface area contributed by atoms with Gasteiger partial charge in [-0.1, -0.05) is 0 Å². The summed E-state index contributed by atoms with van der Waals surface area (Å²) in [6, 6.07) is 4.04. The molecule has 0 amide bonds. The fourth-order valence-corrected chi connectivity index (χ4v) is 2.57. The summed E-state index contributed by atoms with van der Waals surface area (Å²) in [5.41, 5.74) is 8.26. The predicted molar refractivity (Wildman–Crippen MR) is 80.7 cm³/mol. The molecule has 0 saturated heterocycles. The molecular formula is C15H24N4O. The number of anilines is 1. The van der Waals surface area contributed by atoms with Crippen molar-refractivity contribution in [2.75, 3.05) is 11.4 Å². The Balaban J connectivity index is 2.33. The van der Waals surface area contributed by atoms with Crippen molar-refractivity contribution in [2.24, 2.45) is 12.8 Å². The molecular weight excluding hydrogens is 252 g/mol. The highest BCUT2D eigenvalue weighted by Crippen LogP contribution is 2.26. The minimum Gasteiger partial charge on any atom is -0.467 e. The van der Waals surface area contributed by atoms with E-state index < -0.39 is 0 Å². The van der Waals surface area contributed by atoms with Crippen molar-refractivity contribution in [3.8, 4) is 0 Å². The Morgan fingerprint density at radius 1 is 1.50 bits per heavy atom. The van der Waals surface area contributed by atoms with Crippen LogP contribution in [-0.2, 0) is 20.0 Å². The highest BCUT2D eigenvalue weighted by Gasteiger charge is 2.20. The standard InChI is InChI=1S/C15H24N4O/c1-5-19(10-13-7-6-8-20-13)15-14(9-11(2)16)12(3)17-18(15)4/h6-8,11H,5,9-10,16H2,1-4H3. The molecule has 0 saturated carbocycles. The van der Waals surface area contributed by atoms with E-state index in [1.165, 1.54) is 5.56 Å². The molecule has 1 unspecified atom stereocenters. The lowest BCUT2D eigenvalue weighted by molar-refractivity contribution is 0.500. The number of aryl methyl sites for hydroxylation is 2. The molecule has 2 rings (SSSR count). The van der Waals surface area contributed by atoms with E-state index in [4.69, 9.17) is 10.2 Å². The lowest BCUT2D eigenvalue weighted by Gasteiger charge is -2.24. The molecule has 0 aromatic carbocycles. The van der Waals surface area contributed by atoms with Crippen LogP contribution in [0.25, 0.3) is 0 Å². The van der Waals surface area contributed by atoms with E-state index in [2.05, 4.69) is 16.9 Å². The summed E-state index contributed by atoms with van der Waals surface area (Å²) >= 11 is 0. The molecule has 2 aromatic heterocycles. The van der Waals surface area contributed by atoms with Gasteiger partial charge < -0.3 is 15.1 Å². The Morgan fingerprint density at radius 2 is 2.25 bits per heavy atom. The molecule has 2 heterocycles. The number of nitrogens with zero attached hydrogens (tertiary/aromatic N) is 3. The first kappa shape index (κ1) is 14.7. The first-order chi connectivity index (χ1) is 9.52. The van der Waals surface area contributed by atoms with Crippen LogP contribution in [-0.4, -0.2) is 22.4 Å². The van der Waals surface area contributed by atoms with E-state index >= 15 is 0 Å². The smallest absolute Gasteiger partial charge is 0.130 e. The first-order valence-corrected chi connectivity index (χ1v) is 7.08. The number of rotatable bonds is 6. The summed E-state index contributed by atoms with van der Waals surface area (Å²) in [7, 11) is 1.98. The molecule has 20 heavy (non-hydrogen) atoms. The largest absolute Gasteiger partial charge is 0.467 e. The summed E-state index contributed by atoms with van der Waals surface area (Å²) in [5.74, 6) is 2.09. The van der Waals surface area contributed by atoms with Crippen LogP contribution in [0.2, 0.25) is 0 Å². The summed E-state index contributed by atoms with van der Waals surface area (Å²) in [4.78, 5) is 2.27. The molecule has 0 bridgehead atoms. The Kier molecular flexibility index (Phi) is 4.49. The van der Waals surface area contributed by atoms with Gasteiger partial charge in [0.2, 0.25) is 0 Å². The molecule has 2 aromatic rings. The van der Waals surface area contributed by atoms with E-state index in [1.807, 2.05) is 37.7 Å². The van der Waals surface area contributed by atoms with Gasteiger partial charge >= 0.3 is 0 Å². The third-order valence-electron chi connectivity index (χ3n) is 3.45. The fourth-order valence-electron chi connectivity index (χ4n) is 2.57. The van der Waals surface area contributed by atoms with Gasteiger partial charge in [0.15, 0.2) is 0 Å². The van der Waals surface area contributed by atoms with Crippen molar-refractivity contribution < 1.29 is 4.42 Å². The van der Waals surface area contributed by atoms with Gasteiger partial charge in [0, 0.05) is 25.2 Å². The fraction of sp³-hybridized carbons (Fsp3) is 0.533. The molecule has 5 heteroatoms. The van der Waals surface area contributed by atoms with Crippen LogP contribution in [0.5, 0.6) is 0 Å². The van der Waals surface area contributed by atoms with Crippen molar-refractivity contribution >= 4 is 5.82 Å². The van der Waals surface area contributed by atoms with E-state index in [0.29, 0.717) is 0 Å². The second-order valence-electron chi connectivity index (χ2n) is 5.29. The van der Waals surface area contributed by atoms with Crippen LogP contribution >= 0.6 is 0 Å². The molecule has 5 nitrogen and oxygen atoms in total. The van der Waals surface area contributed by atoms with Gasteiger partial charge in [-0.05, 0) is 39.3 Å². The van der Waals surface area contributed by atoms with E-state index in [1.54, 1.807) is 6.26 Å². The molecule has 0 spiro atoms. The summed E-state index contributed by atoms with van der Waals surface area (Å²) in [6.07, 6.45) is 2.55. The second-order valence-corrected chi connectivity index (χ2v) is 5.29. The van der Waals surface area contributed by atoms with Gasteiger partial charge in [-0.25, -0.2) is 0 Å². The van der Waals surface area contributed by atoms with Gasteiger partial charge in [0.05, 0.1) is 18.5 Å². The molecule has 0 aliphatic rings. The van der Waals surface area contributed by atoms with E-state index in [-0.39, 0.29) is 6.04 Å². The molecule has 110 valence electrons. The van der Waals surface area contributed by atoms with Gasteiger partial charge in [-0.2, -0.15) is 5.10 Å². The summed E-state index contributed by atoms with van der Waals surface area (Å²) in [6.45, 7) is 7.85. The number of nitrogens with two attached hydrogens (primary N) is 1. The van der Waals surface area contributed by atoms with Crippen molar-refractivity contribution in [1.29, 1.82) is 0 Å². The van der Waals surface area contributed by atoms with Crippen LogP contribution in [0.4, 0.5) is 5.82 Å². The molecule has 1 atom stereocenters. The Labute approximate surface area is 120 Å². The van der Waals surface area contributed by atoms with Crippen molar-refractivity contribution in [3.63, 3.8) is 0 Å². The lowest BCUT2D eigenvalue weighted by atomic mass is 10.1. The van der Waals surface area contributed by atoms with Crippen molar-refractivity contribution in [3.05, 3.63) is 35.4 Å². The highest BCUT2D eigenvalue weighted by atomic mass is 16.3. The number of furan rings is 1. The lowest BCUT2D eigenvalue weighted by Crippen LogP contribution is -2.27. The van der Waals surface area contributed by atoms with E-state index in [0.717, 1.165) is 36.8 Å². The third-order valence-corrected chi connectivity index (χ3v) is 3.45. The molecule has 0 fully saturated rings. The van der Waals surface area contributed by atoms with Crippen LogP contribution in [0.3, 0.4) is 0 Å². The maximum absolute atomic E-state index is 5.98. The van der Waals surface area contributed by atoms with Gasteiger partial charge in [-0.3, -0.25) is 4.68 Å². The zero-order chi connectivity index (χ0) is 14.7. The maximum Gasteiger partial charge on any atom is 0.130 e. The predicted octanol–water partition coefficient (Wildman–Crippen LogP) is 2.24. The van der Waals surface area contributed by atoms with Crippen LogP contribution < -0.4 is 10.6 Å². The average molecular weight is 276 g/mol. The number of hydrogen-bond acceptors (Lipinski definition) is 4. The summed E-state index contributed by atoms with van der Waals surface area (Å²) in [5, 5.41) is 4.55. The highest BCUT2D eigenvalue weighted by molar-refractivity contribution is 5.50. The van der Waals surface area contributed by atoms with Gasteiger partial charge in [0.1, 0.15) is 11.6 Å². The van der Waals surface area contributed by atoms with E-state index in [9.17, 15) is 0 Å². The van der Waals surface area contributed by atoms with Crippen LogP contribution in [0.1, 0.15) is 30.9 Å². The first-order valence-electron chi connectivity index (χ1n) is 7.08. The normalized spacial score (nSPS) is 12.7. The average Bonchev–Trinajstić information content (AvgIpc) is 2.96. The Bertz CT molecular complexity index is 542. The minimum absolute atomic E-state index is 0.124. The van der Waals surface area contributed by atoms with Crippen LogP contribution in [0, 0.1) is 6.92 Å². The quantitative estimate of drug-likeness (QED) is 0.879.